The second-order valence-electron chi connectivity index (χ2n) is 4.77. The Balaban J connectivity index is 0.00000200. The van der Waals surface area contributed by atoms with Crippen LogP contribution in [0, 0.1) is 5.82 Å². The van der Waals surface area contributed by atoms with E-state index in [4.69, 9.17) is 0 Å². The Morgan fingerprint density at radius 2 is 2.15 bits per heavy atom. The van der Waals surface area contributed by atoms with Gasteiger partial charge in [0.1, 0.15) is 5.82 Å². The van der Waals surface area contributed by atoms with Gasteiger partial charge < -0.3 is 16.0 Å². The molecule has 0 aromatic heterocycles. The molecule has 1 aliphatic rings. The van der Waals surface area contributed by atoms with Gasteiger partial charge in [0.25, 0.3) is 0 Å². The maximum Gasteiger partial charge on any atom is 0.314 e. The number of amides is 2. The van der Waals surface area contributed by atoms with Crippen molar-refractivity contribution >= 4 is 18.4 Å². The van der Waals surface area contributed by atoms with Crippen LogP contribution >= 0.6 is 12.4 Å². The van der Waals surface area contributed by atoms with Gasteiger partial charge in [0.05, 0.1) is 0 Å². The van der Waals surface area contributed by atoms with Gasteiger partial charge >= 0.3 is 6.03 Å². The number of nitrogens with one attached hydrogen (secondary N) is 3. The lowest BCUT2D eigenvalue weighted by atomic mass is 10.1. The van der Waals surface area contributed by atoms with Crippen LogP contribution in [0.3, 0.4) is 0 Å². The Labute approximate surface area is 124 Å². The molecule has 20 heavy (non-hydrogen) atoms. The summed E-state index contributed by atoms with van der Waals surface area (Å²) in [5.74, 6) is -0.222. The molecule has 1 aliphatic heterocycles. The van der Waals surface area contributed by atoms with Gasteiger partial charge in [-0.25, -0.2) is 9.18 Å². The molecule has 1 heterocycles. The Kier molecular flexibility index (Phi) is 7.33. The average molecular weight is 302 g/mol. The molecule has 6 heteroatoms. The molecule has 0 unspecified atom stereocenters. The van der Waals surface area contributed by atoms with Gasteiger partial charge in [-0.3, -0.25) is 0 Å². The fourth-order valence-corrected chi connectivity index (χ4v) is 2.22. The molecule has 112 valence electrons. The normalized spacial score (nSPS) is 17.4. The number of halogens is 2. The van der Waals surface area contributed by atoms with E-state index in [2.05, 4.69) is 16.0 Å². The summed E-state index contributed by atoms with van der Waals surface area (Å²) < 4.78 is 13.3. The van der Waals surface area contributed by atoms with Crippen molar-refractivity contribution in [1.29, 1.82) is 0 Å². The van der Waals surface area contributed by atoms with Crippen molar-refractivity contribution in [3.8, 4) is 0 Å². The summed E-state index contributed by atoms with van der Waals surface area (Å²) in [7, 11) is 0. The Bertz CT molecular complexity index is 425. The number of carbonyl (C=O) groups excluding carboxylic acids is 1. The smallest absolute Gasteiger partial charge is 0.314 e. The highest BCUT2D eigenvalue weighted by Gasteiger charge is 2.14. The molecule has 1 aromatic rings. The van der Waals surface area contributed by atoms with Gasteiger partial charge in [-0.15, -0.1) is 12.4 Å². The third-order valence-corrected chi connectivity index (χ3v) is 3.31. The number of hydrogen-bond acceptors (Lipinski definition) is 2. The molecule has 2 amide bonds. The van der Waals surface area contributed by atoms with Crippen LogP contribution in [0.1, 0.15) is 18.4 Å². The quantitative estimate of drug-likeness (QED) is 0.777. The third kappa shape index (κ3) is 5.35. The van der Waals surface area contributed by atoms with Crippen LogP contribution in [-0.2, 0) is 6.42 Å². The summed E-state index contributed by atoms with van der Waals surface area (Å²) in [6.07, 6.45) is 2.78. The van der Waals surface area contributed by atoms with Crippen LogP contribution in [0.25, 0.3) is 0 Å². The highest BCUT2D eigenvalue weighted by Crippen LogP contribution is 2.06. The molecule has 1 atom stereocenters. The minimum Gasteiger partial charge on any atom is -0.338 e. The standard InChI is InChI=1S/C14H20FN3O.ClH/c15-13-6-2-1-4-11(13)7-9-17-14(19)18-10-12-5-3-8-16-12;/h1-2,4,6,12,16H,3,5,7-10H2,(H2,17,18,19);1H/t12-;/m1./s1. The summed E-state index contributed by atoms with van der Waals surface area (Å²) >= 11 is 0. The zero-order valence-electron chi connectivity index (χ0n) is 11.3. The van der Waals surface area contributed by atoms with Crippen LogP contribution in [0.5, 0.6) is 0 Å². The minimum absolute atomic E-state index is 0. The van der Waals surface area contributed by atoms with Crippen LogP contribution in [0.2, 0.25) is 0 Å². The van der Waals surface area contributed by atoms with E-state index in [-0.39, 0.29) is 24.3 Å². The molecular formula is C14H21ClFN3O. The number of carbonyl (C=O) groups is 1. The largest absolute Gasteiger partial charge is 0.338 e. The Morgan fingerprint density at radius 1 is 1.35 bits per heavy atom. The molecule has 0 radical (unpaired) electrons. The number of rotatable bonds is 5. The van der Waals surface area contributed by atoms with Gasteiger partial charge in [-0.1, -0.05) is 18.2 Å². The molecule has 0 spiro atoms. The number of hydrogen-bond donors (Lipinski definition) is 3. The van der Waals surface area contributed by atoms with E-state index in [1.807, 2.05) is 0 Å². The Morgan fingerprint density at radius 3 is 2.85 bits per heavy atom. The molecule has 0 aliphatic carbocycles. The molecule has 3 N–H and O–H groups in total. The van der Waals surface area contributed by atoms with Crippen molar-refractivity contribution in [2.45, 2.75) is 25.3 Å². The molecule has 2 rings (SSSR count). The first-order valence-electron chi connectivity index (χ1n) is 6.74. The van der Waals surface area contributed by atoms with Gasteiger partial charge in [-0.2, -0.15) is 0 Å². The number of benzene rings is 1. The predicted octanol–water partition coefficient (Wildman–Crippen LogP) is 1.84. The van der Waals surface area contributed by atoms with Crippen LogP contribution in [0.15, 0.2) is 24.3 Å². The van der Waals surface area contributed by atoms with Gasteiger partial charge in [0.15, 0.2) is 0 Å². The molecule has 1 fully saturated rings. The van der Waals surface area contributed by atoms with Crippen LogP contribution < -0.4 is 16.0 Å². The van der Waals surface area contributed by atoms with E-state index in [9.17, 15) is 9.18 Å². The first-order valence-corrected chi connectivity index (χ1v) is 6.74. The zero-order valence-corrected chi connectivity index (χ0v) is 12.1. The van der Waals surface area contributed by atoms with Crippen molar-refractivity contribution in [3.05, 3.63) is 35.6 Å². The topological polar surface area (TPSA) is 53.2 Å². The van der Waals surface area contributed by atoms with Crippen molar-refractivity contribution in [2.24, 2.45) is 0 Å². The van der Waals surface area contributed by atoms with Gasteiger partial charge in [0, 0.05) is 19.1 Å². The first-order chi connectivity index (χ1) is 9.25. The van der Waals surface area contributed by atoms with E-state index in [1.54, 1.807) is 18.2 Å². The highest BCUT2D eigenvalue weighted by atomic mass is 35.5. The van der Waals surface area contributed by atoms with Crippen LogP contribution in [0.4, 0.5) is 9.18 Å². The fraction of sp³-hybridized carbons (Fsp3) is 0.500. The molecule has 4 nitrogen and oxygen atoms in total. The zero-order chi connectivity index (χ0) is 13.5. The van der Waals surface area contributed by atoms with E-state index >= 15 is 0 Å². The molecular weight excluding hydrogens is 281 g/mol. The summed E-state index contributed by atoms with van der Waals surface area (Å²) in [5.41, 5.74) is 0.625. The third-order valence-electron chi connectivity index (χ3n) is 3.31. The van der Waals surface area contributed by atoms with Gasteiger partial charge in [-0.05, 0) is 37.4 Å². The number of urea groups is 1. The first kappa shape index (κ1) is 16.7. The maximum atomic E-state index is 13.3. The van der Waals surface area contributed by atoms with E-state index in [0.717, 1.165) is 13.0 Å². The SMILES string of the molecule is Cl.O=C(NCCc1ccccc1F)NC[C@H]1CCCN1. The minimum atomic E-state index is -0.222. The second-order valence-corrected chi connectivity index (χ2v) is 4.77. The lowest BCUT2D eigenvalue weighted by Gasteiger charge is -2.12. The van der Waals surface area contributed by atoms with Crippen molar-refractivity contribution < 1.29 is 9.18 Å². The summed E-state index contributed by atoms with van der Waals surface area (Å²) in [5, 5.41) is 8.87. The highest BCUT2D eigenvalue weighted by molar-refractivity contribution is 5.85. The lowest BCUT2D eigenvalue weighted by molar-refractivity contribution is 0.240. The monoisotopic (exact) mass is 301 g/mol. The molecule has 0 bridgehead atoms. The molecule has 0 saturated carbocycles. The van der Waals surface area contributed by atoms with Crippen molar-refractivity contribution in [1.82, 2.24) is 16.0 Å². The van der Waals surface area contributed by atoms with Gasteiger partial charge in [0.2, 0.25) is 0 Å². The molecule has 1 aromatic carbocycles. The maximum absolute atomic E-state index is 13.3. The molecule has 1 saturated heterocycles. The van der Waals surface area contributed by atoms with E-state index < -0.39 is 0 Å². The van der Waals surface area contributed by atoms with E-state index in [1.165, 1.54) is 12.5 Å². The van der Waals surface area contributed by atoms with E-state index in [0.29, 0.717) is 31.1 Å². The van der Waals surface area contributed by atoms with Crippen molar-refractivity contribution in [3.63, 3.8) is 0 Å². The van der Waals surface area contributed by atoms with Crippen LogP contribution in [-0.4, -0.2) is 31.7 Å². The van der Waals surface area contributed by atoms with Crippen molar-refractivity contribution in [2.75, 3.05) is 19.6 Å². The average Bonchev–Trinajstić information content (AvgIpc) is 2.92. The summed E-state index contributed by atoms with van der Waals surface area (Å²) in [6.45, 7) is 2.11. The fourth-order valence-electron chi connectivity index (χ4n) is 2.22. The summed E-state index contributed by atoms with van der Waals surface area (Å²) in [6, 6.07) is 6.82. The Hall–Kier alpha value is -1.33. The lowest BCUT2D eigenvalue weighted by Crippen LogP contribution is -2.42. The summed E-state index contributed by atoms with van der Waals surface area (Å²) in [4.78, 5) is 11.5. The second kappa shape index (κ2) is 8.76. The predicted molar refractivity (Wildman–Crippen MR) is 79.8 cm³/mol.